The van der Waals surface area contributed by atoms with Crippen LogP contribution in [0.4, 0.5) is 0 Å². The average molecular weight is 793 g/mol. The highest BCUT2D eigenvalue weighted by Gasteiger charge is 2.20. The minimum atomic E-state index is 0.633. The second-order valence-corrected chi connectivity index (χ2v) is 15.8. The number of para-hydroxylation sites is 1. The maximum Gasteiger partial charge on any atom is 0.160 e. The van der Waals surface area contributed by atoms with Gasteiger partial charge in [0, 0.05) is 44.2 Å². The predicted octanol–water partition coefficient (Wildman–Crippen LogP) is 14.4. The summed E-state index contributed by atoms with van der Waals surface area (Å²) in [5.41, 5.74) is 18.6. The Morgan fingerprint density at radius 3 is 1.47 bits per heavy atom. The lowest BCUT2D eigenvalue weighted by atomic mass is 10.00. The zero-order chi connectivity index (χ0) is 41.0. The fourth-order valence-electron chi connectivity index (χ4n) is 8.78. The molecule has 0 bridgehead atoms. The van der Waals surface area contributed by atoms with Crippen LogP contribution in [-0.2, 0) is 6.42 Å². The number of hydrogen-bond acceptors (Lipinski definition) is 5. The van der Waals surface area contributed by atoms with Crippen LogP contribution in [0.3, 0.4) is 0 Å². The minimum absolute atomic E-state index is 0.633. The van der Waals surface area contributed by atoms with Crippen molar-refractivity contribution in [3.8, 4) is 90.1 Å². The largest absolute Gasteiger partial charge is 0.456 e. The Bertz CT molecular complexity index is 3470. The quantitative estimate of drug-likeness (QED) is 0.161. The van der Waals surface area contributed by atoms with Crippen molar-refractivity contribution < 1.29 is 4.42 Å². The first-order chi connectivity index (χ1) is 30.7. The van der Waals surface area contributed by atoms with Crippen LogP contribution in [-0.4, -0.2) is 19.9 Å². The SMILES string of the molecule is c1ccc(-c2ccc(-c3nc(-c4ccc(-c5cc(-c6ccccc6)nc(-c6ccc7c(c6)oc6ccccc67)n5)cc4)cc(-c4ccc5c(c4)Cc4ccccc4-5)n3)cc2)cc1. The number of rotatable bonds is 7. The van der Waals surface area contributed by atoms with Gasteiger partial charge in [-0.15, -0.1) is 0 Å². The Morgan fingerprint density at radius 2 is 0.758 bits per heavy atom. The van der Waals surface area contributed by atoms with Gasteiger partial charge in [-0.2, -0.15) is 0 Å². The second-order valence-electron chi connectivity index (χ2n) is 15.8. The van der Waals surface area contributed by atoms with Crippen molar-refractivity contribution in [2.24, 2.45) is 0 Å². The summed E-state index contributed by atoms with van der Waals surface area (Å²) in [6.45, 7) is 0. The minimum Gasteiger partial charge on any atom is -0.456 e. The number of nitrogens with zero attached hydrogens (tertiary/aromatic N) is 4. The summed E-state index contributed by atoms with van der Waals surface area (Å²) in [7, 11) is 0. The molecule has 3 heterocycles. The number of furan rings is 1. The summed E-state index contributed by atoms with van der Waals surface area (Å²) in [4.78, 5) is 20.7. The Balaban J connectivity index is 0.940. The molecule has 11 aromatic rings. The van der Waals surface area contributed by atoms with E-state index >= 15 is 0 Å². The van der Waals surface area contributed by atoms with Crippen molar-refractivity contribution in [1.29, 1.82) is 0 Å². The van der Waals surface area contributed by atoms with Gasteiger partial charge in [0.25, 0.3) is 0 Å². The molecule has 1 aliphatic carbocycles. The lowest BCUT2D eigenvalue weighted by Crippen LogP contribution is -1.97. The molecular weight excluding hydrogens is 757 g/mol. The molecule has 0 radical (unpaired) electrons. The average Bonchev–Trinajstić information content (AvgIpc) is 3.92. The number of hydrogen-bond donors (Lipinski definition) is 0. The van der Waals surface area contributed by atoms with E-state index in [1.54, 1.807) is 0 Å². The Morgan fingerprint density at radius 1 is 0.290 bits per heavy atom. The fraction of sp³-hybridized carbons (Fsp3) is 0.0175. The summed E-state index contributed by atoms with van der Waals surface area (Å²) in [5, 5.41) is 2.16. The van der Waals surface area contributed by atoms with Gasteiger partial charge < -0.3 is 4.42 Å². The van der Waals surface area contributed by atoms with E-state index in [4.69, 9.17) is 24.4 Å². The molecule has 1 aliphatic rings. The lowest BCUT2D eigenvalue weighted by molar-refractivity contribution is 0.669. The van der Waals surface area contributed by atoms with Crippen LogP contribution in [0, 0.1) is 0 Å². The number of aromatic nitrogens is 4. The molecule has 290 valence electrons. The molecule has 0 N–H and O–H groups in total. The van der Waals surface area contributed by atoms with Crippen LogP contribution < -0.4 is 0 Å². The van der Waals surface area contributed by atoms with Gasteiger partial charge >= 0.3 is 0 Å². The van der Waals surface area contributed by atoms with Crippen LogP contribution in [0.1, 0.15) is 11.1 Å². The highest BCUT2D eigenvalue weighted by atomic mass is 16.3. The molecule has 0 fully saturated rings. The van der Waals surface area contributed by atoms with Crippen LogP contribution >= 0.6 is 0 Å². The van der Waals surface area contributed by atoms with Crippen LogP contribution in [0.15, 0.2) is 211 Å². The molecule has 0 amide bonds. The van der Waals surface area contributed by atoms with E-state index in [0.717, 1.165) is 90.1 Å². The summed E-state index contributed by atoms with van der Waals surface area (Å²) in [5.74, 6) is 1.31. The maximum atomic E-state index is 6.26. The first-order valence-corrected chi connectivity index (χ1v) is 20.9. The predicted molar refractivity (Wildman–Crippen MR) is 251 cm³/mol. The summed E-state index contributed by atoms with van der Waals surface area (Å²) >= 11 is 0. The van der Waals surface area contributed by atoms with E-state index in [-0.39, 0.29) is 0 Å². The van der Waals surface area contributed by atoms with Gasteiger partial charge in [-0.1, -0.05) is 170 Å². The number of benzene rings is 8. The van der Waals surface area contributed by atoms with E-state index < -0.39 is 0 Å². The molecule has 0 atom stereocenters. The van der Waals surface area contributed by atoms with E-state index in [1.165, 1.54) is 27.8 Å². The van der Waals surface area contributed by atoms with Crippen molar-refractivity contribution in [3.05, 3.63) is 217 Å². The standard InChI is InChI=1S/C57H36N4O/c1-3-11-36(12-4-1)37-19-25-41(26-20-37)56-58-52(35-53(61-56)43-27-29-47-45(32-43)31-42-15-7-8-16-46(42)47)40-23-21-39(22-24-40)51-34-50(38-13-5-2-6-14-38)59-57(60-51)44-28-30-49-48-17-9-10-18-54(48)62-55(49)33-44/h1-30,32-35H,31H2. The molecule has 0 unspecified atom stereocenters. The summed E-state index contributed by atoms with van der Waals surface area (Å²) in [6.07, 6.45) is 0.914. The van der Waals surface area contributed by atoms with Crippen molar-refractivity contribution in [3.63, 3.8) is 0 Å². The molecule has 0 aliphatic heterocycles. The zero-order valence-electron chi connectivity index (χ0n) is 33.5. The molecular formula is C57H36N4O. The topological polar surface area (TPSA) is 64.7 Å². The van der Waals surface area contributed by atoms with Crippen LogP contribution in [0.25, 0.3) is 112 Å². The third-order valence-electron chi connectivity index (χ3n) is 12.0. The van der Waals surface area contributed by atoms with Gasteiger partial charge in [-0.3, -0.25) is 0 Å². The van der Waals surface area contributed by atoms with Gasteiger partial charge in [0.2, 0.25) is 0 Å². The summed E-state index contributed by atoms with van der Waals surface area (Å²) < 4.78 is 6.26. The molecule has 3 aromatic heterocycles. The smallest absolute Gasteiger partial charge is 0.160 e. The number of fused-ring (bicyclic) bond motifs is 6. The van der Waals surface area contributed by atoms with Gasteiger partial charge in [0.1, 0.15) is 11.2 Å². The molecule has 0 saturated heterocycles. The summed E-state index contributed by atoms with van der Waals surface area (Å²) in [6, 6.07) is 71.7. The highest BCUT2D eigenvalue weighted by Crippen LogP contribution is 2.40. The highest BCUT2D eigenvalue weighted by molar-refractivity contribution is 6.05. The molecule has 5 heteroatoms. The van der Waals surface area contributed by atoms with Crippen LogP contribution in [0.5, 0.6) is 0 Å². The maximum absolute atomic E-state index is 6.26. The van der Waals surface area contributed by atoms with E-state index in [0.29, 0.717) is 11.6 Å². The van der Waals surface area contributed by atoms with Crippen molar-refractivity contribution in [2.45, 2.75) is 6.42 Å². The van der Waals surface area contributed by atoms with E-state index in [9.17, 15) is 0 Å². The Labute approximate surface area is 358 Å². The Hall–Kier alpha value is -8.28. The van der Waals surface area contributed by atoms with E-state index in [1.807, 2.05) is 48.5 Å². The third-order valence-corrected chi connectivity index (χ3v) is 12.0. The molecule has 12 rings (SSSR count). The van der Waals surface area contributed by atoms with Gasteiger partial charge in [-0.05, 0) is 76.2 Å². The van der Waals surface area contributed by atoms with Gasteiger partial charge in [0.05, 0.1) is 22.8 Å². The third kappa shape index (κ3) is 6.44. The van der Waals surface area contributed by atoms with Crippen molar-refractivity contribution in [2.75, 3.05) is 0 Å². The Kier molecular flexibility index (Phi) is 8.49. The molecule has 5 nitrogen and oxygen atoms in total. The molecule has 62 heavy (non-hydrogen) atoms. The molecule has 8 aromatic carbocycles. The first-order valence-electron chi connectivity index (χ1n) is 20.9. The zero-order valence-corrected chi connectivity index (χ0v) is 33.5. The van der Waals surface area contributed by atoms with Crippen molar-refractivity contribution >= 4 is 21.9 Å². The normalized spacial score (nSPS) is 11.8. The first kappa shape index (κ1) is 35.6. The second kappa shape index (κ2) is 14.8. The van der Waals surface area contributed by atoms with Crippen molar-refractivity contribution in [1.82, 2.24) is 19.9 Å². The van der Waals surface area contributed by atoms with E-state index in [2.05, 4.69) is 158 Å². The van der Waals surface area contributed by atoms with Gasteiger partial charge in [0.15, 0.2) is 11.6 Å². The fourth-order valence-corrected chi connectivity index (χ4v) is 8.78. The monoisotopic (exact) mass is 792 g/mol. The lowest BCUT2D eigenvalue weighted by Gasteiger charge is -2.12. The molecule has 0 saturated carbocycles. The molecule has 0 spiro atoms. The van der Waals surface area contributed by atoms with Crippen LogP contribution in [0.2, 0.25) is 0 Å². The van der Waals surface area contributed by atoms with Gasteiger partial charge in [-0.25, -0.2) is 19.9 Å².